The normalized spacial score (nSPS) is 16.0. The van der Waals surface area contributed by atoms with Crippen LogP contribution >= 0.6 is 0 Å². The zero-order valence-electron chi connectivity index (χ0n) is 11.5. The van der Waals surface area contributed by atoms with Crippen molar-refractivity contribution < 1.29 is 22.9 Å². The summed E-state index contributed by atoms with van der Waals surface area (Å²) in [7, 11) is -0.0996. The molecule has 0 N–H and O–H groups in total. The van der Waals surface area contributed by atoms with E-state index in [9.17, 15) is 9.59 Å². The number of hydrogen-bond acceptors (Lipinski definition) is 5. The lowest BCUT2D eigenvalue weighted by molar-refractivity contribution is -0.142. The Hall–Kier alpha value is -1.54. The Morgan fingerprint density at radius 2 is 1.60 bits per heavy atom. The minimum absolute atomic E-state index is 0.138. The first-order valence-corrected chi connectivity index (χ1v) is 7.98. The predicted molar refractivity (Wildman–Crippen MR) is 72.9 cm³/mol. The number of carbonyl (C=O) groups is 2. The van der Waals surface area contributed by atoms with E-state index in [1.165, 1.54) is 14.2 Å². The summed E-state index contributed by atoms with van der Waals surface area (Å²) in [6.07, 6.45) is 0.476. The van der Waals surface area contributed by atoms with E-state index >= 15 is 0 Å². The molecule has 6 nitrogen and oxygen atoms in total. The molecule has 7 heteroatoms. The van der Waals surface area contributed by atoms with Gasteiger partial charge in [-0.2, -0.15) is 0 Å². The van der Waals surface area contributed by atoms with Crippen molar-refractivity contribution in [3.8, 4) is 0 Å². The van der Waals surface area contributed by atoms with E-state index in [0.717, 1.165) is 10.1 Å². The van der Waals surface area contributed by atoms with Crippen LogP contribution in [0.1, 0.15) is 12.8 Å². The highest BCUT2D eigenvalue weighted by molar-refractivity contribution is 6.75. The van der Waals surface area contributed by atoms with E-state index in [1.54, 1.807) is 0 Å². The van der Waals surface area contributed by atoms with Crippen LogP contribution in [-0.2, 0) is 22.9 Å². The molecule has 0 aliphatic carbocycles. The van der Waals surface area contributed by atoms with Gasteiger partial charge < -0.3 is 13.3 Å². The third-order valence-electron chi connectivity index (χ3n) is 3.20. The maximum absolute atomic E-state index is 11.6. The van der Waals surface area contributed by atoms with E-state index in [-0.39, 0.29) is 31.4 Å². The van der Waals surface area contributed by atoms with Gasteiger partial charge in [0.05, 0.1) is 0 Å². The van der Waals surface area contributed by atoms with Crippen molar-refractivity contribution in [1.82, 2.24) is 4.90 Å². The Morgan fingerprint density at radius 1 is 1.05 bits per heavy atom. The van der Waals surface area contributed by atoms with Gasteiger partial charge in [0.2, 0.25) is 11.8 Å². The Kier molecular flexibility index (Phi) is 4.66. The molecule has 0 bridgehead atoms. The number of amides is 2. The van der Waals surface area contributed by atoms with Gasteiger partial charge in [-0.3, -0.25) is 14.5 Å². The largest absolute Gasteiger partial charge is 0.538 e. The number of hydrogen-bond donors (Lipinski definition) is 0. The standard InChI is InChI=1S/C13H17NO5Si/c1-17-20(18-2,11-6-4-3-5-7-11)19-10-14-12(15)8-9-13(14)16/h3-7H,8-10H2,1-2H3. The molecule has 1 heterocycles. The summed E-state index contributed by atoms with van der Waals surface area (Å²) in [6.45, 7) is -0.138. The van der Waals surface area contributed by atoms with Gasteiger partial charge in [0.25, 0.3) is 0 Å². The number of carbonyl (C=O) groups excluding carboxylic acids is 2. The molecule has 0 spiro atoms. The lowest BCUT2D eigenvalue weighted by Crippen LogP contribution is -2.57. The van der Waals surface area contributed by atoms with Gasteiger partial charge in [-0.25, -0.2) is 0 Å². The molecule has 0 saturated carbocycles. The topological polar surface area (TPSA) is 65.1 Å². The third kappa shape index (κ3) is 2.80. The fourth-order valence-electron chi connectivity index (χ4n) is 2.08. The molecule has 1 saturated heterocycles. The van der Waals surface area contributed by atoms with E-state index < -0.39 is 8.80 Å². The average Bonchev–Trinajstić information content (AvgIpc) is 2.81. The maximum Gasteiger partial charge on any atom is 0.538 e. The van der Waals surface area contributed by atoms with Crippen LogP contribution in [0.3, 0.4) is 0 Å². The molecule has 2 rings (SSSR count). The maximum atomic E-state index is 11.6. The highest BCUT2D eigenvalue weighted by Gasteiger charge is 2.43. The second kappa shape index (κ2) is 6.27. The minimum atomic E-state index is -3.09. The number of rotatable bonds is 6. The molecule has 1 fully saturated rings. The minimum Gasteiger partial charge on any atom is -0.373 e. The van der Waals surface area contributed by atoms with Crippen molar-refractivity contribution in [3.63, 3.8) is 0 Å². The van der Waals surface area contributed by atoms with Gasteiger partial charge in [-0.1, -0.05) is 30.3 Å². The van der Waals surface area contributed by atoms with E-state index in [0.29, 0.717) is 0 Å². The zero-order valence-corrected chi connectivity index (χ0v) is 12.5. The van der Waals surface area contributed by atoms with Crippen LogP contribution in [0.2, 0.25) is 0 Å². The summed E-state index contributed by atoms with van der Waals surface area (Å²) in [5, 5.41) is 0.782. The molecule has 2 amide bonds. The van der Waals surface area contributed by atoms with Gasteiger partial charge in [0.15, 0.2) is 0 Å². The van der Waals surface area contributed by atoms with Crippen LogP contribution in [0.5, 0.6) is 0 Å². The van der Waals surface area contributed by atoms with Crippen LogP contribution in [0.15, 0.2) is 30.3 Å². The summed E-state index contributed by atoms with van der Waals surface area (Å²) in [5.74, 6) is -0.448. The van der Waals surface area contributed by atoms with Crippen LogP contribution in [-0.4, -0.2) is 46.5 Å². The van der Waals surface area contributed by atoms with Crippen LogP contribution in [0.4, 0.5) is 0 Å². The van der Waals surface area contributed by atoms with Gasteiger partial charge in [0.1, 0.15) is 6.73 Å². The second-order valence-corrected chi connectivity index (χ2v) is 7.11. The molecule has 1 aliphatic heterocycles. The quantitative estimate of drug-likeness (QED) is 0.556. The summed E-state index contributed by atoms with van der Waals surface area (Å²) < 4.78 is 16.6. The number of imide groups is 1. The fourth-order valence-corrected chi connectivity index (χ4v) is 4.02. The Morgan fingerprint density at radius 3 is 2.10 bits per heavy atom. The molecule has 1 aromatic rings. The van der Waals surface area contributed by atoms with Crippen molar-refractivity contribution in [2.24, 2.45) is 0 Å². The molecule has 1 aliphatic rings. The lowest BCUT2D eigenvalue weighted by atomic mass is 10.4. The Bertz CT molecular complexity index is 473. The fraction of sp³-hybridized carbons (Fsp3) is 0.385. The predicted octanol–water partition coefficient (Wildman–Crippen LogP) is 0.248. The number of nitrogens with zero attached hydrogens (tertiary/aromatic N) is 1. The second-order valence-electron chi connectivity index (χ2n) is 4.32. The smallest absolute Gasteiger partial charge is 0.373 e. The SMILES string of the molecule is CO[Si](OC)(OCN1C(=O)CCC1=O)c1ccccc1. The van der Waals surface area contributed by atoms with Crippen molar-refractivity contribution in [2.75, 3.05) is 21.0 Å². The molecule has 108 valence electrons. The van der Waals surface area contributed by atoms with Gasteiger partial charge in [-0.15, -0.1) is 0 Å². The van der Waals surface area contributed by atoms with Crippen molar-refractivity contribution in [1.29, 1.82) is 0 Å². The Labute approximate surface area is 118 Å². The molecule has 0 unspecified atom stereocenters. The van der Waals surface area contributed by atoms with Crippen LogP contribution in [0.25, 0.3) is 0 Å². The van der Waals surface area contributed by atoms with E-state index in [4.69, 9.17) is 13.3 Å². The first-order valence-electron chi connectivity index (χ1n) is 6.26. The number of benzene rings is 1. The van der Waals surface area contributed by atoms with E-state index in [2.05, 4.69) is 0 Å². The van der Waals surface area contributed by atoms with Gasteiger partial charge in [-0.05, 0) is 0 Å². The van der Waals surface area contributed by atoms with Crippen molar-refractivity contribution in [2.45, 2.75) is 12.8 Å². The summed E-state index contributed by atoms with van der Waals surface area (Å²) >= 11 is 0. The molecule has 20 heavy (non-hydrogen) atoms. The molecule has 0 aromatic heterocycles. The first-order chi connectivity index (χ1) is 9.63. The highest BCUT2D eigenvalue weighted by Crippen LogP contribution is 2.15. The number of likely N-dealkylation sites (tertiary alicyclic amines) is 1. The van der Waals surface area contributed by atoms with Crippen LogP contribution < -0.4 is 5.19 Å². The van der Waals surface area contributed by atoms with E-state index in [1.807, 2.05) is 30.3 Å². The zero-order chi connectivity index (χ0) is 14.6. The molecular formula is C13H17NO5Si. The van der Waals surface area contributed by atoms with Gasteiger partial charge >= 0.3 is 8.80 Å². The van der Waals surface area contributed by atoms with Gasteiger partial charge in [0, 0.05) is 32.2 Å². The highest BCUT2D eigenvalue weighted by atomic mass is 28.4. The first kappa shape index (κ1) is 14.9. The average molecular weight is 295 g/mol. The summed E-state index contributed by atoms with van der Waals surface area (Å²) in [4.78, 5) is 24.2. The monoisotopic (exact) mass is 295 g/mol. The molecular weight excluding hydrogens is 278 g/mol. The Balaban J connectivity index is 2.14. The third-order valence-corrected chi connectivity index (χ3v) is 5.83. The molecule has 0 atom stereocenters. The lowest BCUT2D eigenvalue weighted by Gasteiger charge is -2.28. The molecule has 0 radical (unpaired) electrons. The van der Waals surface area contributed by atoms with Crippen LogP contribution in [0, 0.1) is 0 Å². The molecule has 1 aromatic carbocycles. The van der Waals surface area contributed by atoms with Crippen molar-refractivity contribution in [3.05, 3.63) is 30.3 Å². The van der Waals surface area contributed by atoms with Crippen molar-refractivity contribution >= 4 is 25.8 Å². The summed E-state index contributed by atoms with van der Waals surface area (Å²) in [6, 6.07) is 9.26. The summed E-state index contributed by atoms with van der Waals surface area (Å²) in [5.41, 5.74) is 0.